The number of carboxylic acid groups (broad SMARTS) is 1. The molecule has 0 bridgehead atoms. The number of carbonyl (C=O) groups is 1. The van der Waals surface area contributed by atoms with Crippen molar-refractivity contribution in [2.75, 3.05) is 12.4 Å². The molecule has 0 amide bonds. The van der Waals surface area contributed by atoms with Gasteiger partial charge in [0.15, 0.2) is 0 Å². The van der Waals surface area contributed by atoms with Crippen LogP contribution in [-0.2, 0) is 9.53 Å². The smallest absolute Gasteiger partial charge is 0.319 e. The lowest BCUT2D eigenvalue weighted by Gasteiger charge is -2.15. The van der Waals surface area contributed by atoms with Gasteiger partial charge in [0.2, 0.25) is 0 Å². The van der Waals surface area contributed by atoms with Gasteiger partial charge in [0.1, 0.15) is 5.25 Å². The van der Waals surface area contributed by atoms with E-state index in [1.54, 1.807) is 0 Å². The van der Waals surface area contributed by atoms with Crippen molar-refractivity contribution >= 4 is 17.7 Å². The number of unbranched alkanes of at least 4 members (excludes halogenated alkanes) is 3. The molecule has 2 unspecified atom stereocenters. The van der Waals surface area contributed by atoms with Crippen molar-refractivity contribution in [1.29, 1.82) is 0 Å². The minimum absolute atomic E-state index is 0.0610. The molecule has 0 aliphatic carbocycles. The number of hydrogen-bond donors (Lipinski definition) is 1. The maximum absolute atomic E-state index is 10.8. The van der Waals surface area contributed by atoms with Crippen molar-refractivity contribution in [2.45, 2.75) is 50.4 Å². The van der Waals surface area contributed by atoms with Gasteiger partial charge in [0, 0.05) is 6.61 Å². The molecule has 1 N–H and O–H groups in total. The fraction of sp³-hybridized carbons (Fsp3) is 0.909. The molecular formula is C11H20O3S. The van der Waals surface area contributed by atoms with Gasteiger partial charge in [0.25, 0.3) is 0 Å². The largest absolute Gasteiger partial charge is 0.480 e. The number of hydrogen-bond acceptors (Lipinski definition) is 3. The standard InChI is InChI=1S/C11H20O3S/c1-2-3-4-5-7-14-9-6-8-15-10(9)11(12)13/h9-10H,2-8H2,1H3,(H,12,13). The second kappa shape index (κ2) is 7.12. The summed E-state index contributed by atoms with van der Waals surface area (Å²) in [6.07, 6.45) is 5.53. The molecule has 4 heteroatoms. The van der Waals surface area contributed by atoms with E-state index in [1.807, 2.05) is 0 Å². The summed E-state index contributed by atoms with van der Waals surface area (Å²) in [6.45, 7) is 2.89. The third-order valence-electron chi connectivity index (χ3n) is 2.61. The lowest BCUT2D eigenvalue weighted by molar-refractivity contribution is -0.139. The molecule has 0 aromatic heterocycles. The van der Waals surface area contributed by atoms with Gasteiger partial charge in [-0.1, -0.05) is 26.2 Å². The highest BCUT2D eigenvalue weighted by atomic mass is 32.2. The van der Waals surface area contributed by atoms with Crippen LogP contribution in [0.2, 0.25) is 0 Å². The van der Waals surface area contributed by atoms with E-state index >= 15 is 0 Å². The summed E-state index contributed by atoms with van der Waals surface area (Å²) < 4.78 is 5.62. The van der Waals surface area contributed by atoms with Crippen LogP contribution in [0.25, 0.3) is 0 Å². The molecule has 1 saturated heterocycles. The van der Waals surface area contributed by atoms with Crippen LogP contribution in [0, 0.1) is 0 Å². The summed E-state index contributed by atoms with van der Waals surface area (Å²) >= 11 is 1.50. The second-order valence-electron chi connectivity index (χ2n) is 3.89. The first-order chi connectivity index (χ1) is 7.25. The van der Waals surface area contributed by atoms with Crippen molar-refractivity contribution < 1.29 is 14.6 Å². The number of rotatable bonds is 7. The first-order valence-electron chi connectivity index (χ1n) is 5.71. The predicted molar refractivity (Wildman–Crippen MR) is 62.4 cm³/mol. The summed E-state index contributed by atoms with van der Waals surface area (Å²) in [5, 5.41) is 8.59. The van der Waals surface area contributed by atoms with Crippen LogP contribution >= 0.6 is 11.8 Å². The molecule has 1 aliphatic rings. The molecule has 1 heterocycles. The Hall–Kier alpha value is -0.220. The van der Waals surface area contributed by atoms with Gasteiger partial charge >= 0.3 is 5.97 Å². The number of aliphatic carboxylic acids is 1. The summed E-state index contributed by atoms with van der Waals surface area (Å²) in [6, 6.07) is 0. The zero-order valence-corrected chi connectivity index (χ0v) is 10.1. The first-order valence-corrected chi connectivity index (χ1v) is 6.76. The molecule has 2 atom stereocenters. The van der Waals surface area contributed by atoms with Crippen molar-refractivity contribution in [1.82, 2.24) is 0 Å². The van der Waals surface area contributed by atoms with E-state index in [1.165, 1.54) is 31.0 Å². The van der Waals surface area contributed by atoms with E-state index in [0.29, 0.717) is 0 Å². The first kappa shape index (κ1) is 12.8. The van der Waals surface area contributed by atoms with E-state index in [9.17, 15) is 4.79 Å². The SMILES string of the molecule is CCCCCCOC1CCSC1C(=O)O. The average Bonchev–Trinajstić information content (AvgIpc) is 2.66. The van der Waals surface area contributed by atoms with Crippen LogP contribution in [0.3, 0.4) is 0 Å². The Balaban J connectivity index is 2.12. The van der Waals surface area contributed by atoms with Crippen LogP contribution in [0.5, 0.6) is 0 Å². The fourth-order valence-electron chi connectivity index (χ4n) is 1.73. The van der Waals surface area contributed by atoms with Crippen LogP contribution in [0.15, 0.2) is 0 Å². The lowest BCUT2D eigenvalue weighted by Crippen LogP contribution is -2.29. The van der Waals surface area contributed by atoms with Crippen molar-refractivity contribution in [3.05, 3.63) is 0 Å². The molecule has 15 heavy (non-hydrogen) atoms. The Morgan fingerprint density at radius 2 is 2.27 bits per heavy atom. The fourth-order valence-corrected chi connectivity index (χ4v) is 2.93. The number of ether oxygens (including phenoxy) is 1. The zero-order chi connectivity index (χ0) is 11.1. The molecule has 1 aliphatic heterocycles. The van der Waals surface area contributed by atoms with Gasteiger partial charge in [-0.3, -0.25) is 4.79 Å². The Kier molecular flexibility index (Phi) is 6.10. The zero-order valence-electron chi connectivity index (χ0n) is 9.28. The van der Waals surface area contributed by atoms with E-state index in [0.717, 1.165) is 25.2 Å². The third-order valence-corrected chi connectivity index (χ3v) is 3.95. The summed E-state index contributed by atoms with van der Waals surface area (Å²) in [5.74, 6) is 0.187. The van der Waals surface area contributed by atoms with Gasteiger partial charge < -0.3 is 9.84 Å². The van der Waals surface area contributed by atoms with E-state index < -0.39 is 5.97 Å². The molecule has 0 aromatic rings. The Morgan fingerprint density at radius 1 is 1.47 bits per heavy atom. The van der Waals surface area contributed by atoms with Crippen molar-refractivity contribution in [2.24, 2.45) is 0 Å². The molecule has 1 rings (SSSR count). The Labute approximate surface area is 95.6 Å². The van der Waals surface area contributed by atoms with Gasteiger partial charge in [-0.05, 0) is 18.6 Å². The minimum atomic E-state index is -0.726. The van der Waals surface area contributed by atoms with E-state index in [-0.39, 0.29) is 11.4 Å². The highest BCUT2D eigenvalue weighted by Gasteiger charge is 2.34. The summed E-state index contributed by atoms with van der Waals surface area (Å²) in [4.78, 5) is 10.8. The molecule has 0 radical (unpaired) electrons. The van der Waals surface area contributed by atoms with Gasteiger partial charge in [-0.2, -0.15) is 0 Å². The van der Waals surface area contributed by atoms with Crippen molar-refractivity contribution in [3.63, 3.8) is 0 Å². The molecule has 0 spiro atoms. The third kappa shape index (κ3) is 4.43. The molecule has 1 fully saturated rings. The topological polar surface area (TPSA) is 46.5 Å². The summed E-state index contributed by atoms with van der Waals surface area (Å²) in [5.41, 5.74) is 0. The maximum atomic E-state index is 10.8. The molecule has 0 saturated carbocycles. The highest BCUT2D eigenvalue weighted by Crippen LogP contribution is 2.29. The van der Waals surface area contributed by atoms with E-state index in [4.69, 9.17) is 9.84 Å². The molecular weight excluding hydrogens is 212 g/mol. The Morgan fingerprint density at radius 3 is 2.93 bits per heavy atom. The lowest BCUT2D eigenvalue weighted by atomic mass is 10.2. The van der Waals surface area contributed by atoms with Gasteiger partial charge in [-0.25, -0.2) is 0 Å². The summed E-state index contributed by atoms with van der Waals surface area (Å²) in [7, 11) is 0. The van der Waals surface area contributed by atoms with Crippen LogP contribution in [-0.4, -0.2) is 34.8 Å². The monoisotopic (exact) mass is 232 g/mol. The number of carboxylic acids is 1. The van der Waals surface area contributed by atoms with Gasteiger partial charge in [0.05, 0.1) is 6.10 Å². The molecule has 0 aromatic carbocycles. The van der Waals surface area contributed by atoms with Gasteiger partial charge in [-0.15, -0.1) is 11.8 Å². The normalized spacial score (nSPS) is 25.7. The van der Waals surface area contributed by atoms with Crippen molar-refractivity contribution in [3.8, 4) is 0 Å². The maximum Gasteiger partial charge on any atom is 0.319 e. The molecule has 88 valence electrons. The highest BCUT2D eigenvalue weighted by molar-refractivity contribution is 8.00. The quantitative estimate of drug-likeness (QED) is 0.685. The van der Waals surface area contributed by atoms with Crippen LogP contribution < -0.4 is 0 Å². The van der Waals surface area contributed by atoms with E-state index in [2.05, 4.69) is 6.92 Å². The predicted octanol–water partition coefficient (Wildman–Crippen LogP) is 2.54. The molecule has 3 nitrogen and oxygen atoms in total. The average molecular weight is 232 g/mol. The number of thioether (sulfide) groups is 1. The van der Waals surface area contributed by atoms with Crippen LogP contribution in [0.4, 0.5) is 0 Å². The minimum Gasteiger partial charge on any atom is -0.480 e. The second-order valence-corrected chi connectivity index (χ2v) is 5.14. The van der Waals surface area contributed by atoms with Crippen LogP contribution in [0.1, 0.15) is 39.0 Å². The Bertz CT molecular complexity index is 196.